The zero-order valence-electron chi connectivity index (χ0n) is 12.5. The lowest BCUT2D eigenvalue weighted by Gasteiger charge is -2.36. The van der Waals surface area contributed by atoms with Crippen LogP contribution in [0.1, 0.15) is 51.0 Å². The van der Waals surface area contributed by atoms with E-state index in [9.17, 15) is 5.11 Å². The highest BCUT2D eigenvalue weighted by Crippen LogP contribution is 2.38. The molecule has 1 saturated carbocycles. The van der Waals surface area contributed by atoms with Gasteiger partial charge in [0.2, 0.25) is 0 Å². The molecule has 20 heavy (non-hydrogen) atoms. The summed E-state index contributed by atoms with van der Waals surface area (Å²) in [4.78, 5) is 0. The van der Waals surface area contributed by atoms with Gasteiger partial charge in [0.25, 0.3) is 0 Å². The van der Waals surface area contributed by atoms with Crippen LogP contribution in [0.4, 0.5) is 0 Å². The van der Waals surface area contributed by atoms with E-state index < -0.39 is 5.60 Å². The summed E-state index contributed by atoms with van der Waals surface area (Å²) in [6, 6.07) is 5.62. The molecule has 0 heterocycles. The van der Waals surface area contributed by atoms with Crippen LogP contribution in [0.3, 0.4) is 0 Å². The number of methoxy groups -OCH3 is 1. The molecule has 1 aromatic carbocycles. The van der Waals surface area contributed by atoms with Gasteiger partial charge in [-0.05, 0) is 55.4 Å². The smallest absolute Gasteiger partial charge is 0.122 e. The molecule has 0 amide bonds. The Bertz CT molecular complexity index is 437. The van der Waals surface area contributed by atoms with E-state index in [2.05, 4.69) is 6.92 Å². The number of benzene rings is 1. The maximum Gasteiger partial charge on any atom is 0.122 e. The van der Waals surface area contributed by atoms with Gasteiger partial charge in [0.1, 0.15) is 5.75 Å². The molecular weight excluding hydrogens is 272 g/mol. The van der Waals surface area contributed by atoms with E-state index in [0.717, 1.165) is 42.9 Å². The van der Waals surface area contributed by atoms with E-state index in [1.165, 1.54) is 12.8 Å². The molecule has 2 nitrogen and oxygen atoms in total. The van der Waals surface area contributed by atoms with Crippen molar-refractivity contribution in [3.05, 3.63) is 28.8 Å². The minimum absolute atomic E-state index is 0.595. The predicted octanol–water partition coefficient (Wildman–Crippen LogP) is 4.61. The maximum atomic E-state index is 10.8. The molecule has 2 rings (SSSR count). The lowest BCUT2D eigenvalue weighted by molar-refractivity contribution is -0.0103. The van der Waals surface area contributed by atoms with Crippen LogP contribution >= 0.6 is 11.6 Å². The second-order valence-electron chi connectivity index (χ2n) is 6.09. The first kappa shape index (κ1) is 15.7. The molecule has 0 atom stereocenters. The van der Waals surface area contributed by atoms with Crippen LogP contribution in [0.15, 0.2) is 18.2 Å². The summed E-state index contributed by atoms with van der Waals surface area (Å²) in [5.74, 6) is 1.61. The van der Waals surface area contributed by atoms with Crippen molar-refractivity contribution in [1.82, 2.24) is 0 Å². The molecule has 0 radical (unpaired) electrons. The van der Waals surface area contributed by atoms with E-state index in [-0.39, 0.29) is 0 Å². The molecular formula is C17H25ClO2. The predicted molar refractivity (Wildman–Crippen MR) is 83.5 cm³/mol. The molecule has 0 aliphatic heterocycles. The van der Waals surface area contributed by atoms with Gasteiger partial charge in [-0.1, -0.05) is 31.4 Å². The van der Waals surface area contributed by atoms with Gasteiger partial charge in [0, 0.05) is 11.4 Å². The second-order valence-corrected chi connectivity index (χ2v) is 6.53. The third-order valence-electron chi connectivity index (χ3n) is 4.49. The fourth-order valence-electron chi connectivity index (χ4n) is 3.33. The van der Waals surface area contributed by atoms with Crippen LogP contribution < -0.4 is 4.74 Å². The van der Waals surface area contributed by atoms with Gasteiger partial charge < -0.3 is 9.84 Å². The van der Waals surface area contributed by atoms with Crippen molar-refractivity contribution in [1.29, 1.82) is 0 Å². The van der Waals surface area contributed by atoms with Gasteiger partial charge in [-0.15, -0.1) is 0 Å². The Morgan fingerprint density at radius 3 is 2.65 bits per heavy atom. The third kappa shape index (κ3) is 3.89. The summed E-state index contributed by atoms with van der Waals surface area (Å²) in [5, 5.41) is 11.5. The van der Waals surface area contributed by atoms with Crippen molar-refractivity contribution in [3.8, 4) is 5.75 Å². The van der Waals surface area contributed by atoms with Crippen molar-refractivity contribution in [2.45, 2.75) is 57.5 Å². The maximum absolute atomic E-state index is 10.8. The average Bonchev–Trinajstić information content (AvgIpc) is 2.42. The molecule has 0 bridgehead atoms. The van der Waals surface area contributed by atoms with Gasteiger partial charge in [0.15, 0.2) is 0 Å². The average molecular weight is 297 g/mol. The lowest BCUT2D eigenvalue weighted by Crippen LogP contribution is -2.36. The summed E-state index contributed by atoms with van der Waals surface area (Å²) in [7, 11) is 1.66. The fourth-order valence-corrected chi connectivity index (χ4v) is 3.52. The Morgan fingerprint density at radius 2 is 2.05 bits per heavy atom. The van der Waals surface area contributed by atoms with E-state index >= 15 is 0 Å². The molecule has 1 aromatic rings. The minimum Gasteiger partial charge on any atom is -0.496 e. The molecule has 0 spiro atoms. The Kier molecular flexibility index (Phi) is 5.34. The number of ether oxygens (including phenoxy) is 1. The van der Waals surface area contributed by atoms with Crippen molar-refractivity contribution < 1.29 is 9.84 Å². The van der Waals surface area contributed by atoms with Gasteiger partial charge in [0.05, 0.1) is 12.7 Å². The van der Waals surface area contributed by atoms with Gasteiger partial charge in [-0.2, -0.15) is 0 Å². The molecule has 1 aliphatic rings. The van der Waals surface area contributed by atoms with Crippen LogP contribution in [-0.2, 0) is 6.42 Å². The Labute approximate surface area is 127 Å². The molecule has 0 aromatic heterocycles. The molecule has 1 N–H and O–H groups in total. The zero-order chi connectivity index (χ0) is 14.6. The van der Waals surface area contributed by atoms with E-state index in [0.29, 0.717) is 11.4 Å². The van der Waals surface area contributed by atoms with Gasteiger partial charge in [-0.3, -0.25) is 0 Å². The summed E-state index contributed by atoms with van der Waals surface area (Å²) in [5.41, 5.74) is 0.416. The molecule has 1 aliphatic carbocycles. The highest BCUT2D eigenvalue weighted by Gasteiger charge is 2.33. The topological polar surface area (TPSA) is 29.5 Å². The quantitative estimate of drug-likeness (QED) is 0.859. The first-order valence-electron chi connectivity index (χ1n) is 7.61. The van der Waals surface area contributed by atoms with E-state index in [1.807, 2.05) is 18.2 Å². The SMILES string of the molecule is CCCC1CCC(O)(Cc2cc(Cl)ccc2OC)CC1. The van der Waals surface area contributed by atoms with Crippen LogP contribution in [0.2, 0.25) is 5.02 Å². The van der Waals surface area contributed by atoms with Crippen LogP contribution in [0.5, 0.6) is 5.75 Å². The largest absolute Gasteiger partial charge is 0.496 e. The standard InChI is InChI=1S/C17H25ClO2/c1-3-4-13-7-9-17(19,10-8-13)12-14-11-15(18)5-6-16(14)20-2/h5-6,11,13,19H,3-4,7-10,12H2,1-2H3. The molecule has 112 valence electrons. The molecule has 1 fully saturated rings. The van der Waals surface area contributed by atoms with Crippen LogP contribution in [-0.4, -0.2) is 17.8 Å². The molecule has 3 heteroatoms. The Morgan fingerprint density at radius 1 is 1.35 bits per heavy atom. The van der Waals surface area contributed by atoms with Crippen molar-refractivity contribution in [2.24, 2.45) is 5.92 Å². The summed E-state index contributed by atoms with van der Waals surface area (Å²) < 4.78 is 5.38. The summed E-state index contributed by atoms with van der Waals surface area (Å²) in [6.07, 6.45) is 7.19. The van der Waals surface area contributed by atoms with Crippen LogP contribution in [0.25, 0.3) is 0 Å². The summed E-state index contributed by atoms with van der Waals surface area (Å²) >= 11 is 6.06. The number of aliphatic hydroxyl groups is 1. The number of hydrogen-bond acceptors (Lipinski definition) is 2. The zero-order valence-corrected chi connectivity index (χ0v) is 13.2. The minimum atomic E-state index is -0.595. The first-order valence-corrected chi connectivity index (χ1v) is 7.99. The number of hydrogen-bond donors (Lipinski definition) is 1. The third-order valence-corrected chi connectivity index (χ3v) is 4.73. The van der Waals surface area contributed by atoms with E-state index in [4.69, 9.17) is 16.3 Å². The van der Waals surface area contributed by atoms with E-state index in [1.54, 1.807) is 7.11 Å². The Hall–Kier alpha value is -0.730. The number of halogens is 1. The Balaban J connectivity index is 2.04. The first-order chi connectivity index (χ1) is 9.56. The summed E-state index contributed by atoms with van der Waals surface area (Å²) in [6.45, 7) is 2.23. The van der Waals surface area contributed by atoms with Crippen LogP contribution in [0, 0.1) is 5.92 Å². The highest BCUT2D eigenvalue weighted by atomic mass is 35.5. The fraction of sp³-hybridized carbons (Fsp3) is 0.647. The van der Waals surface area contributed by atoms with Gasteiger partial charge >= 0.3 is 0 Å². The van der Waals surface area contributed by atoms with Gasteiger partial charge in [-0.25, -0.2) is 0 Å². The molecule has 0 saturated heterocycles. The lowest BCUT2D eigenvalue weighted by atomic mass is 9.74. The molecule has 0 unspecified atom stereocenters. The highest BCUT2D eigenvalue weighted by molar-refractivity contribution is 6.30. The number of rotatable bonds is 5. The van der Waals surface area contributed by atoms with Crippen molar-refractivity contribution in [2.75, 3.05) is 7.11 Å². The monoisotopic (exact) mass is 296 g/mol. The normalized spacial score (nSPS) is 26.5. The van der Waals surface area contributed by atoms with Crippen molar-refractivity contribution >= 4 is 11.6 Å². The van der Waals surface area contributed by atoms with Crippen molar-refractivity contribution in [3.63, 3.8) is 0 Å². The second kappa shape index (κ2) is 6.82.